The molecule has 1 aromatic rings. The lowest BCUT2D eigenvalue weighted by molar-refractivity contribution is 0.329. The van der Waals surface area contributed by atoms with E-state index in [2.05, 4.69) is 48.3 Å². The highest BCUT2D eigenvalue weighted by atomic mass is 15.1. The number of nitrogens with zero attached hydrogens (tertiary/aromatic N) is 1. The first-order valence-corrected chi connectivity index (χ1v) is 8.27. The summed E-state index contributed by atoms with van der Waals surface area (Å²) in [5.41, 5.74) is 2.83. The van der Waals surface area contributed by atoms with Gasteiger partial charge in [-0.05, 0) is 68.9 Å². The predicted octanol–water partition coefficient (Wildman–Crippen LogP) is 3.78. The third-order valence-corrected chi connectivity index (χ3v) is 4.25. The van der Waals surface area contributed by atoms with Crippen LogP contribution in [0, 0.1) is 0 Å². The molecule has 0 unspecified atom stereocenters. The fraction of sp³-hybridized carbons (Fsp3) is 0.667. The van der Waals surface area contributed by atoms with E-state index in [0.29, 0.717) is 5.92 Å². The van der Waals surface area contributed by atoms with Gasteiger partial charge >= 0.3 is 0 Å². The van der Waals surface area contributed by atoms with Crippen LogP contribution in [0.15, 0.2) is 24.3 Å². The fourth-order valence-electron chi connectivity index (χ4n) is 2.84. The molecule has 20 heavy (non-hydrogen) atoms. The molecular formula is C18H30N2. The minimum Gasteiger partial charge on any atom is -0.313 e. The molecule has 0 radical (unpaired) electrons. The first-order valence-electron chi connectivity index (χ1n) is 8.27. The highest BCUT2D eigenvalue weighted by molar-refractivity contribution is 5.24. The van der Waals surface area contributed by atoms with Gasteiger partial charge in [0.25, 0.3) is 0 Å². The molecule has 0 spiro atoms. The summed E-state index contributed by atoms with van der Waals surface area (Å²) < 4.78 is 0. The Morgan fingerprint density at radius 1 is 1.05 bits per heavy atom. The molecule has 0 saturated carbocycles. The number of unbranched alkanes of at least 4 members (excludes halogenated alkanes) is 1. The normalized spacial score (nSPS) is 16.1. The number of hydrogen-bond acceptors (Lipinski definition) is 2. The monoisotopic (exact) mass is 274 g/mol. The van der Waals surface area contributed by atoms with Gasteiger partial charge in [-0.25, -0.2) is 0 Å². The van der Waals surface area contributed by atoms with E-state index in [1.807, 2.05) is 0 Å². The molecule has 1 N–H and O–H groups in total. The highest BCUT2D eigenvalue weighted by Crippen LogP contribution is 2.14. The van der Waals surface area contributed by atoms with Crippen LogP contribution in [0.25, 0.3) is 0 Å². The molecule has 0 atom stereocenters. The summed E-state index contributed by atoms with van der Waals surface area (Å²) in [6.07, 6.45) is 5.44. The van der Waals surface area contributed by atoms with Gasteiger partial charge < -0.3 is 10.2 Å². The van der Waals surface area contributed by atoms with Crippen LogP contribution in [-0.2, 0) is 6.54 Å². The molecule has 1 heterocycles. The highest BCUT2D eigenvalue weighted by Gasteiger charge is 2.09. The lowest BCUT2D eigenvalue weighted by Gasteiger charge is -2.14. The van der Waals surface area contributed by atoms with Crippen LogP contribution in [0.5, 0.6) is 0 Å². The number of rotatable bonds is 8. The smallest absolute Gasteiger partial charge is 0.0205 e. The van der Waals surface area contributed by atoms with Crippen molar-refractivity contribution in [3.63, 3.8) is 0 Å². The molecular weight excluding hydrogens is 244 g/mol. The Hall–Kier alpha value is -0.860. The average molecular weight is 274 g/mol. The van der Waals surface area contributed by atoms with Crippen molar-refractivity contribution in [3.8, 4) is 0 Å². The van der Waals surface area contributed by atoms with Gasteiger partial charge in [-0.2, -0.15) is 0 Å². The summed E-state index contributed by atoms with van der Waals surface area (Å²) in [6, 6.07) is 9.03. The van der Waals surface area contributed by atoms with Crippen molar-refractivity contribution in [2.75, 3.05) is 26.2 Å². The van der Waals surface area contributed by atoms with Crippen LogP contribution in [0.2, 0.25) is 0 Å². The molecule has 112 valence electrons. The first kappa shape index (κ1) is 15.5. The van der Waals surface area contributed by atoms with E-state index < -0.39 is 0 Å². The second-order valence-corrected chi connectivity index (χ2v) is 6.33. The molecule has 1 aliphatic rings. The third-order valence-electron chi connectivity index (χ3n) is 4.25. The third kappa shape index (κ3) is 5.26. The summed E-state index contributed by atoms with van der Waals surface area (Å²) in [5.74, 6) is 0.627. The Bertz CT molecular complexity index is 364. The lowest BCUT2D eigenvalue weighted by atomic mass is 10.0. The van der Waals surface area contributed by atoms with Crippen molar-refractivity contribution >= 4 is 0 Å². The number of hydrogen-bond donors (Lipinski definition) is 1. The Balaban J connectivity index is 1.54. The average Bonchev–Trinajstić information content (AvgIpc) is 2.96. The second kappa shape index (κ2) is 8.43. The topological polar surface area (TPSA) is 15.3 Å². The van der Waals surface area contributed by atoms with Crippen molar-refractivity contribution in [3.05, 3.63) is 35.4 Å². The zero-order valence-electron chi connectivity index (χ0n) is 13.2. The van der Waals surface area contributed by atoms with Gasteiger partial charge in [0.1, 0.15) is 0 Å². The fourth-order valence-corrected chi connectivity index (χ4v) is 2.84. The Morgan fingerprint density at radius 3 is 2.40 bits per heavy atom. The molecule has 1 saturated heterocycles. The molecule has 0 aromatic heterocycles. The molecule has 0 amide bonds. The quantitative estimate of drug-likeness (QED) is 0.726. The van der Waals surface area contributed by atoms with E-state index in [1.165, 1.54) is 56.4 Å². The van der Waals surface area contributed by atoms with E-state index in [4.69, 9.17) is 0 Å². The largest absolute Gasteiger partial charge is 0.313 e. The Morgan fingerprint density at radius 2 is 1.75 bits per heavy atom. The number of benzene rings is 1. The zero-order chi connectivity index (χ0) is 14.2. The number of likely N-dealkylation sites (tertiary alicyclic amines) is 1. The van der Waals surface area contributed by atoms with Crippen molar-refractivity contribution < 1.29 is 0 Å². The summed E-state index contributed by atoms with van der Waals surface area (Å²) in [5, 5.41) is 3.56. The van der Waals surface area contributed by atoms with Crippen LogP contribution in [0.1, 0.15) is 56.6 Å². The summed E-state index contributed by atoms with van der Waals surface area (Å²) >= 11 is 0. The van der Waals surface area contributed by atoms with Gasteiger partial charge in [-0.1, -0.05) is 38.1 Å². The summed E-state index contributed by atoms with van der Waals surface area (Å²) in [6.45, 7) is 10.6. The maximum Gasteiger partial charge on any atom is 0.0205 e. The molecule has 2 rings (SSSR count). The maximum absolute atomic E-state index is 3.56. The van der Waals surface area contributed by atoms with Gasteiger partial charge in [0.05, 0.1) is 0 Å². The predicted molar refractivity (Wildman–Crippen MR) is 87.1 cm³/mol. The van der Waals surface area contributed by atoms with Crippen LogP contribution in [0.3, 0.4) is 0 Å². The SMILES string of the molecule is CC(C)c1ccc(CNCCCCN2CCCC2)cc1. The second-order valence-electron chi connectivity index (χ2n) is 6.33. The van der Waals surface area contributed by atoms with Crippen LogP contribution in [0.4, 0.5) is 0 Å². The van der Waals surface area contributed by atoms with Crippen LogP contribution in [-0.4, -0.2) is 31.1 Å². The minimum atomic E-state index is 0.627. The van der Waals surface area contributed by atoms with Gasteiger partial charge in [-0.3, -0.25) is 0 Å². The van der Waals surface area contributed by atoms with E-state index in [-0.39, 0.29) is 0 Å². The minimum absolute atomic E-state index is 0.627. The molecule has 2 nitrogen and oxygen atoms in total. The van der Waals surface area contributed by atoms with Crippen LogP contribution < -0.4 is 5.32 Å². The Kier molecular flexibility index (Phi) is 6.55. The van der Waals surface area contributed by atoms with Crippen molar-refractivity contribution in [1.82, 2.24) is 10.2 Å². The zero-order valence-corrected chi connectivity index (χ0v) is 13.2. The van der Waals surface area contributed by atoms with Gasteiger partial charge in [0.15, 0.2) is 0 Å². The van der Waals surface area contributed by atoms with E-state index >= 15 is 0 Å². The molecule has 2 heteroatoms. The Labute approximate surface area is 124 Å². The van der Waals surface area contributed by atoms with E-state index in [1.54, 1.807) is 0 Å². The summed E-state index contributed by atoms with van der Waals surface area (Å²) in [7, 11) is 0. The van der Waals surface area contributed by atoms with Crippen molar-refractivity contribution in [2.24, 2.45) is 0 Å². The van der Waals surface area contributed by atoms with E-state index in [0.717, 1.165) is 13.1 Å². The lowest BCUT2D eigenvalue weighted by Crippen LogP contribution is -2.22. The van der Waals surface area contributed by atoms with Gasteiger partial charge in [0, 0.05) is 6.54 Å². The molecule has 1 aromatic carbocycles. The van der Waals surface area contributed by atoms with E-state index in [9.17, 15) is 0 Å². The molecule has 1 aliphatic heterocycles. The van der Waals surface area contributed by atoms with Gasteiger partial charge in [-0.15, -0.1) is 0 Å². The van der Waals surface area contributed by atoms with Gasteiger partial charge in [0.2, 0.25) is 0 Å². The number of nitrogens with one attached hydrogen (secondary N) is 1. The van der Waals surface area contributed by atoms with Crippen molar-refractivity contribution in [1.29, 1.82) is 0 Å². The molecule has 0 bridgehead atoms. The van der Waals surface area contributed by atoms with Crippen LogP contribution >= 0.6 is 0 Å². The summed E-state index contributed by atoms with van der Waals surface area (Å²) in [4.78, 5) is 2.60. The molecule has 0 aliphatic carbocycles. The first-order chi connectivity index (χ1) is 9.75. The molecule has 1 fully saturated rings. The van der Waals surface area contributed by atoms with Crippen molar-refractivity contribution in [2.45, 2.75) is 52.0 Å². The maximum atomic E-state index is 3.56. The standard InChI is InChI=1S/C18H30N2/c1-16(2)18-9-7-17(8-10-18)15-19-11-3-4-12-20-13-5-6-14-20/h7-10,16,19H,3-6,11-15H2,1-2H3.